The Kier molecular flexibility index (Phi) is 5.43. The van der Waals surface area contributed by atoms with Crippen LogP contribution in [0.5, 0.6) is 5.75 Å². The molecule has 3 fully saturated rings. The molecule has 3 aromatic rings. The van der Waals surface area contributed by atoms with E-state index in [2.05, 4.69) is 15.4 Å². The van der Waals surface area contributed by atoms with Gasteiger partial charge < -0.3 is 24.5 Å². The summed E-state index contributed by atoms with van der Waals surface area (Å²) in [6.45, 7) is 1.30. The monoisotopic (exact) mass is 483 g/mol. The Labute approximate surface area is 199 Å². The summed E-state index contributed by atoms with van der Waals surface area (Å²) >= 11 is 0. The fourth-order valence-electron chi connectivity index (χ4n) is 4.76. The fourth-order valence-corrected chi connectivity index (χ4v) is 6.15. The zero-order chi connectivity index (χ0) is 23.3. The number of nitrogens with one attached hydrogen (secondary N) is 1. The van der Waals surface area contributed by atoms with Gasteiger partial charge in [0.05, 0.1) is 35.4 Å². The molecule has 2 saturated carbocycles. The third-order valence-electron chi connectivity index (χ3n) is 6.91. The van der Waals surface area contributed by atoms with Crippen molar-refractivity contribution in [3.05, 3.63) is 42.5 Å². The number of nitrogens with zero attached hydrogens (tertiary/aromatic N) is 1. The van der Waals surface area contributed by atoms with Gasteiger partial charge >= 0.3 is 0 Å². The molecule has 9 heteroatoms. The van der Waals surface area contributed by atoms with Crippen LogP contribution in [0.25, 0.3) is 22.2 Å². The number of hydrogen-bond acceptors (Lipinski definition) is 6. The molecule has 8 nitrogen and oxygen atoms in total. The summed E-state index contributed by atoms with van der Waals surface area (Å²) in [5, 5.41) is 0.697. The highest BCUT2D eigenvalue weighted by Crippen LogP contribution is 2.45. The molecular weight excluding hydrogens is 454 g/mol. The number of benzene rings is 2. The minimum Gasteiger partial charge on any atom is -0.486 e. The molecule has 0 atom stereocenters. The summed E-state index contributed by atoms with van der Waals surface area (Å²) < 4.78 is 46.4. The Balaban J connectivity index is 1.35. The average Bonchev–Trinajstić information content (AvgIpc) is 3.62. The summed E-state index contributed by atoms with van der Waals surface area (Å²) in [6.07, 6.45) is 4.76. The number of nitrogen functional groups attached to an aromatic ring is 1. The third-order valence-corrected chi connectivity index (χ3v) is 8.78. The van der Waals surface area contributed by atoms with Crippen LogP contribution in [0.1, 0.15) is 38.1 Å². The van der Waals surface area contributed by atoms with Gasteiger partial charge in [-0.3, -0.25) is 4.72 Å². The van der Waals surface area contributed by atoms with Gasteiger partial charge in [-0.2, -0.15) is 0 Å². The molecule has 0 bridgehead atoms. The van der Waals surface area contributed by atoms with Crippen LogP contribution >= 0.6 is 0 Å². The topological polar surface area (TPSA) is 105 Å². The van der Waals surface area contributed by atoms with E-state index in [9.17, 15) is 8.42 Å². The van der Waals surface area contributed by atoms with Crippen molar-refractivity contribution in [3.8, 4) is 17.0 Å². The molecule has 6 rings (SSSR count). The van der Waals surface area contributed by atoms with Crippen molar-refractivity contribution in [2.75, 3.05) is 30.5 Å². The Morgan fingerprint density at radius 2 is 1.74 bits per heavy atom. The smallest absolute Gasteiger partial charge is 0.235 e. The first-order chi connectivity index (χ1) is 16.5. The van der Waals surface area contributed by atoms with Crippen LogP contribution in [-0.4, -0.2) is 44.3 Å². The number of ether oxygens (including phenoxy) is 3. The summed E-state index contributed by atoms with van der Waals surface area (Å²) in [7, 11) is -3.29. The highest BCUT2D eigenvalue weighted by atomic mass is 32.2. The minimum atomic E-state index is -3.29. The number of fused-ring (bicyclic) bond motifs is 1. The standard InChI is InChI=1S/C25H29N3O5S/c26-24-22-12-19(33-20-13-31-15-32-14-20)8-11-23(22)28(18-2-1-3-18)25(24)16-4-6-17(7-5-16)27-34(29,30)21-9-10-21/h4-8,11-12,18,20-21,27H,1-3,9-10,13-15,26H2. The highest BCUT2D eigenvalue weighted by Gasteiger charge is 2.35. The van der Waals surface area contributed by atoms with Gasteiger partial charge in [0, 0.05) is 22.7 Å². The molecule has 0 amide bonds. The molecular formula is C25H29N3O5S. The third kappa shape index (κ3) is 4.01. The fraction of sp³-hybridized carbons (Fsp3) is 0.440. The summed E-state index contributed by atoms with van der Waals surface area (Å²) in [6, 6.07) is 14.0. The lowest BCUT2D eigenvalue weighted by atomic mass is 9.92. The van der Waals surface area contributed by atoms with Crippen molar-refractivity contribution >= 4 is 32.3 Å². The highest BCUT2D eigenvalue weighted by molar-refractivity contribution is 7.93. The zero-order valence-electron chi connectivity index (χ0n) is 18.9. The first-order valence-corrected chi connectivity index (χ1v) is 13.4. The number of aromatic nitrogens is 1. The minimum absolute atomic E-state index is 0.146. The number of nitrogens with two attached hydrogens (primary N) is 1. The Hall–Kier alpha value is -2.75. The lowest BCUT2D eigenvalue weighted by Gasteiger charge is -2.30. The van der Waals surface area contributed by atoms with Crippen molar-refractivity contribution in [3.63, 3.8) is 0 Å². The molecule has 1 aliphatic heterocycles. The molecule has 1 saturated heterocycles. The molecule has 0 spiro atoms. The predicted molar refractivity (Wildman–Crippen MR) is 131 cm³/mol. The number of anilines is 2. The molecule has 3 N–H and O–H groups in total. The van der Waals surface area contributed by atoms with E-state index in [0.29, 0.717) is 37.4 Å². The van der Waals surface area contributed by atoms with E-state index in [1.54, 1.807) is 0 Å². The Morgan fingerprint density at radius 1 is 1.00 bits per heavy atom. The van der Waals surface area contributed by atoms with E-state index in [1.807, 2.05) is 36.4 Å². The number of hydrogen-bond donors (Lipinski definition) is 2. The second-order valence-corrected chi connectivity index (χ2v) is 11.4. The predicted octanol–water partition coefficient (Wildman–Crippen LogP) is 4.27. The maximum Gasteiger partial charge on any atom is 0.235 e. The van der Waals surface area contributed by atoms with Gasteiger partial charge in [0.15, 0.2) is 0 Å². The van der Waals surface area contributed by atoms with Gasteiger partial charge in [0.25, 0.3) is 0 Å². The molecule has 1 aromatic heterocycles. The van der Waals surface area contributed by atoms with Gasteiger partial charge in [-0.05, 0) is 62.4 Å². The van der Waals surface area contributed by atoms with Crippen LogP contribution in [0.2, 0.25) is 0 Å². The molecule has 2 aromatic carbocycles. The second kappa shape index (κ2) is 8.48. The van der Waals surface area contributed by atoms with Crippen LogP contribution in [0.15, 0.2) is 42.5 Å². The van der Waals surface area contributed by atoms with Gasteiger partial charge in [-0.1, -0.05) is 12.1 Å². The first kappa shape index (κ1) is 21.8. The quantitative estimate of drug-likeness (QED) is 0.520. The normalized spacial score (nSPS) is 19.8. The van der Waals surface area contributed by atoms with E-state index < -0.39 is 10.0 Å². The summed E-state index contributed by atoms with van der Waals surface area (Å²) in [5.74, 6) is 0.737. The molecule has 0 radical (unpaired) electrons. The van der Waals surface area contributed by atoms with Crippen molar-refractivity contribution < 1.29 is 22.6 Å². The van der Waals surface area contributed by atoms with Gasteiger partial charge in [0.1, 0.15) is 18.6 Å². The van der Waals surface area contributed by atoms with E-state index in [1.165, 1.54) is 6.42 Å². The van der Waals surface area contributed by atoms with Crippen LogP contribution in [0.3, 0.4) is 0 Å². The van der Waals surface area contributed by atoms with Crippen LogP contribution in [0.4, 0.5) is 11.4 Å². The van der Waals surface area contributed by atoms with Gasteiger partial charge in [-0.25, -0.2) is 8.42 Å². The van der Waals surface area contributed by atoms with Crippen LogP contribution in [0, 0.1) is 0 Å². The molecule has 3 aliphatic rings. The summed E-state index contributed by atoms with van der Waals surface area (Å²) in [4.78, 5) is 0. The summed E-state index contributed by atoms with van der Waals surface area (Å²) in [5.41, 5.74) is 11.0. The lowest BCUT2D eigenvalue weighted by molar-refractivity contribution is -0.143. The van der Waals surface area contributed by atoms with Gasteiger partial charge in [0.2, 0.25) is 10.0 Å². The van der Waals surface area contributed by atoms with Crippen molar-refractivity contribution in [1.82, 2.24) is 4.57 Å². The SMILES string of the molecule is Nc1c(-c2ccc(NS(=O)(=O)C3CC3)cc2)n(C2CCC2)c2ccc(OC3COCOC3)cc12. The average molecular weight is 484 g/mol. The number of rotatable bonds is 7. The van der Waals surface area contributed by atoms with Crippen LogP contribution < -0.4 is 15.2 Å². The molecule has 2 heterocycles. The molecule has 2 aliphatic carbocycles. The number of sulfonamides is 1. The molecule has 0 unspecified atom stereocenters. The van der Waals surface area contributed by atoms with Crippen molar-refractivity contribution in [2.24, 2.45) is 0 Å². The van der Waals surface area contributed by atoms with E-state index >= 15 is 0 Å². The first-order valence-electron chi connectivity index (χ1n) is 11.9. The van der Waals surface area contributed by atoms with Crippen molar-refractivity contribution in [2.45, 2.75) is 49.5 Å². The second-order valence-electron chi connectivity index (χ2n) is 9.42. The Morgan fingerprint density at radius 3 is 2.38 bits per heavy atom. The van der Waals surface area contributed by atoms with E-state index in [0.717, 1.165) is 53.6 Å². The zero-order valence-corrected chi connectivity index (χ0v) is 19.7. The maximum absolute atomic E-state index is 12.3. The largest absolute Gasteiger partial charge is 0.486 e. The van der Waals surface area contributed by atoms with E-state index in [-0.39, 0.29) is 11.4 Å². The van der Waals surface area contributed by atoms with E-state index in [4.69, 9.17) is 19.9 Å². The molecule has 180 valence electrons. The van der Waals surface area contributed by atoms with Crippen molar-refractivity contribution in [1.29, 1.82) is 0 Å². The lowest BCUT2D eigenvalue weighted by Crippen LogP contribution is -2.33. The van der Waals surface area contributed by atoms with Crippen LogP contribution in [-0.2, 0) is 19.5 Å². The van der Waals surface area contributed by atoms with Gasteiger partial charge in [-0.15, -0.1) is 0 Å². The Bertz CT molecular complexity index is 1300. The maximum atomic E-state index is 12.3. The molecule has 34 heavy (non-hydrogen) atoms.